The van der Waals surface area contributed by atoms with Crippen LogP contribution in [0.5, 0.6) is 0 Å². The largest absolute Gasteiger partial charge is 0.391 e. The normalized spacial score (nSPS) is 11.3. The molecule has 6 heteroatoms. The molecule has 5 nitrogen and oxygen atoms in total. The van der Waals surface area contributed by atoms with Gasteiger partial charge in [0.2, 0.25) is 0 Å². The Morgan fingerprint density at radius 3 is 2.55 bits per heavy atom. The maximum atomic E-state index is 13.5. The zero-order valence-corrected chi connectivity index (χ0v) is 12.2. The van der Waals surface area contributed by atoms with Gasteiger partial charge in [0.05, 0.1) is 10.6 Å². The molecular weight excluding hydrogens is 287 g/mol. The Labute approximate surface area is 127 Å². The number of hydrogen-bond acceptors (Lipinski definition) is 4. The highest BCUT2D eigenvalue weighted by atomic mass is 19.1. The summed E-state index contributed by atoms with van der Waals surface area (Å²) in [5, 5.41) is 14.5. The number of nitro groups is 1. The second-order valence-electron chi connectivity index (χ2n) is 4.84. The van der Waals surface area contributed by atoms with Crippen molar-refractivity contribution in [3.63, 3.8) is 0 Å². The SMILES string of the molecule is C/C(=N\OCc1ccc([N+](=O)[O-])cc1)c1ccc(C)c(F)c1. The molecule has 0 heterocycles. The summed E-state index contributed by atoms with van der Waals surface area (Å²) >= 11 is 0. The van der Waals surface area contributed by atoms with Gasteiger partial charge in [-0.2, -0.15) is 0 Å². The first-order chi connectivity index (χ1) is 10.5. The summed E-state index contributed by atoms with van der Waals surface area (Å²) < 4.78 is 13.5. The van der Waals surface area contributed by atoms with Crippen LogP contribution in [0.15, 0.2) is 47.6 Å². The van der Waals surface area contributed by atoms with Gasteiger partial charge in [-0.25, -0.2) is 4.39 Å². The second kappa shape index (κ2) is 6.80. The molecule has 0 spiro atoms. The third kappa shape index (κ3) is 3.88. The van der Waals surface area contributed by atoms with Crippen LogP contribution in [0.3, 0.4) is 0 Å². The predicted octanol–water partition coefficient (Wildman–Crippen LogP) is 3.98. The van der Waals surface area contributed by atoms with Crippen LogP contribution in [0, 0.1) is 22.9 Å². The topological polar surface area (TPSA) is 64.7 Å². The van der Waals surface area contributed by atoms with E-state index in [0.717, 1.165) is 5.56 Å². The van der Waals surface area contributed by atoms with Crippen molar-refractivity contribution in [2.45, 2.75) is 20.5 Å². The fourth-order valence-electron chi connectivity index (χ4n) is 1.79. The maximum Gasteiger partial charge on any atom is 0.269 e. The lowest BCUT2D eigenvalue weighted by Crippen LogP contribution is -1.98. The van der Waals surface area contributed by atoms with Crippen LogP contribution in [-0.2, 0) is 11.4 Å². The van der Waals surface area contributed by atoms with Crippen LogP contribution < -0.4 is 0 Å². The first-order valence-corrected chi connectivity index (χ1v) is 6.64. The summed E-state index contributed by atoms with van der Waals surface area (Å²) in [6.07, 6.45) is 0. The highest BCUT2D eigenvalue weighted by Crippen LogP contribution is 2.13. The molecule has 0 aromatic heterocycles. The van der Waals surface area contributed by atoms with Gasteiger partial charge in [-0.1, -0.05) is 17.3 Å². The van der Waals surface area contributed by atoms with E-state index in [2.05, 4.69) is 5.16 Å². The quantitative estimate of drug-likeness (QED) is 0.476. The van der Waals surface area contributed by atoms with Crippen LogP contribution in [0.25, 0.3) is 0 Å². The van der Waals surface area contributed by atoms with Crippen molar-refractivity contribution in [3.8, 4) is 0 Å². The summed E-state index contributed by atoms with van der Waals surface area (Å²) in [5.41, 5.74) is 2.56. The molecule has 0 N–H and O–H groups in total. The van der Waals surface area contributed by atoms with Gasteiger partial charge < -0.3 is 4.84 Å². The molecule has 0 unspecified atom stereocenters. The predicted molar refractivity (Wildman–Crippen MR) is 81.2 cm³/mol. The maximum absolute atomic E-state index is 13.5. The van der Waals surface area contributed by atoms with Crippen LogP contribution in [-0.4, -0.2) is 10.6 Å². The monoisotopic (exact) mass is 302 g/mol. The highest BCUT2D eigenvalue weighted by molar-refractivity contribution is 5.98. The fourth-order valence-corrected chi connectivity index (χ4v) is 1.79. The van der Waals surface area contributed by atoms with Crippen molar-refractivity contribution in [2.75, 3.05) is 0 Å². The molecule has 0 aliphatic rings. The molecule has 2 aromatic carbocycles. The van der Waals surface area contributed by atoms with Crippen molar-refractivity contribution in [2.24, 2.45) is 5.16 Å². The van der Waals surface area contributed by atoms with E-state index in [4.69, 9.17) is 4.84 Å². The van der Waals surface area contributed by atoms with Gasteiger partial charge >= 0.3 is 0 Å². The number of nitrogens with zero attached hydrogens (tertiary/aromatic N) is 2. The number of non-ortho nitro benzene ring substituents is 1. The molecule has 0 atom stereocenters. The third-order valence-corrected chi connectivity index (χ3v) is 3.17. The van der Waals surface area contributed by atoms with E-state index in [-0.39, 0.29) is 18.1 Å². The van der Waals surface area contributed by atoms with E-state index in [9.17, 15) is 14.5 Å². The molecule has 0 aliphatic heterocycles. The average Bonchev–Trinajstić information content (AvgIpc) is 2.50. The molecule has 22 heavy (non-hydrogen) atoms. The summed E-state index contributed by atoms with van der Waals surface area (Å²) in [7, 11) is 0. The molecule has 0 bridgehead atoms. The molecule has 0 saturated carbocycles. The minimum Gasteiger partial charge on any atom is -0.391 e. The smallest absolute Gasteiger partial charge is 0.269 e. The molecular formula is C16H15FN2O3. The van der Waals surface area contributed by atoms with E-state index >= 15 is 0 Å². The second-order valence-corrected chi connectivity index (χ2v) is 4.84. The molecule has 0 saturated heterocycles. The van der Waals surface area contributed by atoms with E-state index in [1.165, 1.54) is 18.2 Å². The molecule has 2 aromatic rings. The summed E-state index contributed by atoms with van der Waals surface area (Å²) in [6, 6.07) is 10.9. The number of hydrogen-bond donors (Lipinski definition) is 0. The zero-order valence-electron chi connectivity index (χ0n) is 12.2. The molecule has 0 aliphatic carbocycles. The Morgan fingerprint density at radius 2 is 1.95 bits per heavy atom. The Bertz CT molecular complexity index is 712. The third-order valence-electron chi connectivity index (χ3n) is 3.17. The molecule has 0 radical (unpaired) electrons. The van der Waals surface area contributed by atoms with Crippen molar-refractivity contribution in [3.05, 3.63) is 75.1 Å². The Kier molecular flexibility index (Phi) is 4.83. The van der Waals surface area contributed by atoms with Crippen LogP contribution in [0.1, 0.15) is 23.6 Å². The van der Waals surface area contributed by atoms with E-state index in [0.29, 0.717) is 16.8 Å². The minimum atomic E-state index is -0.459. The number of aryl methyl sites for hydroxylation is 1. The molecule has 0 fully saturated rings. The van der Waals surface area contributed by atoms with E-state index < -0.39 is 4.92 Å². The minimum absolute atomic E-state index is 0.0264. The Hall–Kier alpha value is -2.76. The van der Waals surface area contributed by atoms with Crippen LogP contribution in [0.4, 0.5) is 10.1 Å². The Morgan fingerprint density at radius 1 is 1.27 bits per heavy atom. The summed E-state index contributed by atoms with van der Waals surface area (Å²) in [6.45, 7) is 3.60. The van der Waals surface area contributed by atoms with Gasteiger partial charge in [-0.05, 0) is 43.2 Å². The Balaban J connectivity index is 1.99. The van der Waals surface area contributed by atoms with Gasteiger partial charge in [0.1, 0.15) is 12.4 Å². The summed E-state index contributed by atoms with van der Waals surface area (Å²) in [4.78, 5) is 15.3. The van der Waals surface area contributed by atoms with Crippen molar-refractivity contribution < 1.29 is 14.2 Å². The van der Waals surface area contributed by atoms with E-state index in [1.807, 2.05) is 0 Å². The molecule has 0 amide bonds. The van der Waals surface area contributed by atoms with Gasteiger partial charge in [0.25, 0.3) is 5.69 Å². The van der Waals surface area contributed by atoms with Crippen molar-refractivity contribution >= 4 is 11.4 Å². The molecule has 114 valence electrons. The van der Waals surface area contributed by atoms with Crippen LogP contribution in [0.2, 0.25) is 0 Å². The first kappa shape index (κ1) is 15.6. The standard InChI is InChI=1S/C16H15FN2O3/c1-11-3-6-14(9-16(11)17)12(2)18-22-10-13-4-7-15(8-5-13)19(20)21/h3-9H,10H2,1-2H3/b18-12+. The van der Waals surface area contributed by atoms with Crippen LogP contribution >= 0.6 is 0 Å². The number of oxime groups is 1. The van der Waals surface area contributed by atoms with Gasteiger partial charge in [-0.3, -0.25) is 10.1 Å². The first-order valence-electron chi connectivity index (χ1n) is 6.64. The van der Waals surface area contributed by atoms with Crippen molar-refractivity contribution in [1.82, 2.24) is 0 Å². The number of nitro benzene ring substituents is 1. The van der Waals surface area contributed by atoms with Gasteiger partial charge in [0, 0.05) is 17.7 Å². The number of rotatable bonds is 5. The summed E-state index contributed by atoms with van der Waals surface area (Å²) in [5.74, 6) is -0.289. The molecule has 2 rings (SSSR count). The lowest BCUT2D eigenvalue weighted by atomic mass is 10.1. The number of halogens is 1. The van der Waals surface area contributed by atoms with E-state index in [1.54, 1.807) is 38.1 Å². The average molecular weight is 302 g/mol. The fraction of sp³-hybridized carbons (Fsp3) is 0.188. The lowest BCUT2D eigenvalue weighted by molar-refractivity contribution is -0.384. The number of benzene rings is 2. The lowest BCUT2D eigenvalue weighted by Gasteiger charge is -2.04. The van der Waals surface area contributed by atoms with Gasteiger partial charge in [0.15, 0.2) is 0 Å². The van der Waals surface area contributed by atoms with Gasteiger partial charge in [-0.15, -0.1) is 0 Å². The zero-order chi connectivity index (χ0) is 16.1. The highest BCUT2D eigenvalue weighted by Gasteiger charge is 2.05. The van der Waals surface area contributed by atoms with Crippen molar-refractivity contribution in [1.29, 1.82) is 0 Å².